The maximum absolute atomic E-state index is 12.9. The number of hydrogen-bond donors (Lipinski definition) is 1. The molecular weight excluding hydrogens is 264 g/mol. The standard InChI is InChI=1S/C17H16N2O2/c1-10-9-14-11(2)16(20)18-12(3)15(14)17(21)19(10)13-7-5-4-6-8-13/h4-9H,1-3H3,(H,18,20). The van der Waals surface area contributed by atoms with E-state index in [2.05, 4.69) is 4.98 Å². The van der Waals surface area contributed by atoms with E-state index in [9.17, 15) is 9.59 Å². The largest absolute Gasteiger partial charge is 0.325 e. The fourth-order valence-electron chi connectivity index (χ4n) is 2.74. The molecule has 2 heterocycles. The third-order valence-corrected chi connectivity index (χ3v) is 3.83. The van der Waals surface area contributed by atoms with Crippen LogP contribution in [0.4, 0.5) is 0 Å². The Bertz CT molecular complexity index is 950. The third kappa shape index (κ3) is 2.00. The van der Waals surface area contributed by atoms with Gasteiger partial charge in [-0.3, -0.25) is 14.2 Å². The van der Waals surface area contributed by atoms with Crippen molar-refractivity contribution >= 4 is 10.8 Å². The first-order valence-corrected chi connectivity index (χ1v) is 6.82. The van der Waals surface area contributed by atoms with E-state index in [1.54, 1.807) is 18.4 Å². The van der Waals surface area contributed by atoms with Crippen LogP contribution in [0.15, 0.2) is 46.0 Å². The second-order valence-electron chi connectivity index (χ2n) is 5.25. The van der Waals surface area contributed by atoms with E-state index in [0.717, 1.165) is 16.8 Å². The fourth-order valence-corrected chi connectivity index (χ4v) is 2.74. The number of rotatable bonds is 1. The van der Waals surface area contributed by atoms with Gasteiger partial charge in [0.25, 0.3) is 11.1 Å². The number of aromatic amines is 1. The van der Waals surface area contributed by atoms with Gasteiger partial charge in [0.2, 0.25) is 0 Å². The molecule has 3 rings (SSSR count). The molecule has 0 unspecified atom stereocenters. The highest BCUT2D eigenvalue weighted by Gasteiger charge is 2.13. The molecule has 4 nitrogen and oxygen atoms in total. The van der Waals surface area contributed by atoms with Crippen LogP contribution in [-0.4, -0.2) is 9.55 Å². The minimum Gasteiger partial charge on any atom is -0.325 e. The van der Waals surface area contributed by atoms with Crippen LogP contribution in [0.1, 0.15) is 17.0 Å². The van der Waals surface area contributed by atoms with Crippen LogP contribution >= 0.6 is 0 Å². The van der Waals surface area contributed by atoms with Crippen molar-refractivity contribution in [3.63, 3.8) is 0 Å². The summed E-state index contributed by atoms with van der Waals surface area (Å²) in [6.45, 7) is 5.38. The van der Waals surface area contributed by atoms with Crippen molar-refractivity contribution in [2.75, 3.05) is 0 Å². The lowest BCUT2D eigenvalue weighted by Crippen LogP contribution is -2.24. The lowest BCUT2D eigenvalue weighted by Gasteiger charge is -2.13. The lowest BCUT2D eigenvalue weighted by atomic mass is 10.1. The molecule has 0 amide bonds. The van der Waals surface area contributed by atoms with Gasteiger partial charge in [-0.2, -0.15) is 0 Å². The number of para-hydroxylation sites is 1. The van der Waals surface area contributed by atoms with Crippen molar-refractivity contribution in [3.8, 4) is 5.69 Å². The first kappa shape index (κ1) is 13.4. The predicted molar refractivity (Wildman–Crippen MR) is 84.4 cm³/mol. The molecule has 0 spiro atoms. The topological polar surface area (TPSA) is 54.9 Å². The van der Waals surface area contributed by atoms with E-state index in [0.29, 0.717) is 16.6 Å². The number of pyridine rings is 2. The van der Waals surface area contributed by atoms with Gasteiger partial charge in [0.15, 0.2) is 0 Å². The first-order chi connectivity index (χ1) is 10.0. The highest BCUT2D eigenvalue weighted by atomic mass is 16.1. The summed E-state index contributed by atoms with van der Waals surface area (Å²) in [6, 6.07) is 11.4. The quantitative estimate of drug-likeness (QED) is 0.745. The average Bonchev–Trinajstić information content (AvgIpc) is 2.45. The molecule has 0 bridgehead atoms. The van der Waals surface area contributed by atoms with E-state index < -0.39 is 0 Å². The van der Waals surface area contributed by atoms with Crippen LogP contribution in [0.5, 0.6) is 0 Å². The van der Waals surface area contributed by atoms with Crippen LogP contribution < -0.4 is 11.1 Å². The molecule has 0 aliphatic heterocycles. The Morgan fingerprint density at radius 2 is 1.67 bits per heavy atom. The van der Waals surface area contributed by atoms with Gasteiger partial charge in [-0.25, -0.2) is 0 Å². The molecule has 4 heteroatoms. The molecule has 1 aromatic carbocycles. The van der Waals surface area contributed by atoms with Gasteiger partial charge < -0.3 is 4.98 Å². The van der Waals surface area contributed by atoms with Gasteiger partial charge in [0.05, 0.1) is 5.39 Å². The zero-order chi connectivity index (χ0) is 15.1. The molecule has 0 aliphatic carbocycles. The Morgan fingerprint density at radius 1 is 1.00 bits per heavy atom. The van der Waals surface area contributed by atoms with E-state index >= 15 is 0 Å². The first-order valence-electron chi connectivity index (χ1n) is 6.82. The Kier molecular flexibility index (Phi) is 3.01. The van der Waals surface area contributed by atoms with Gasteiger partial charge in [-0.05, 0) is 44.4 Å². The number of aryl methyl sites for hydroxylation is 3. The maximum atomic E-state index is 12.9. The fraction of sp³-hybridized carbons (Fsp3) is 0.176. The van der Waals surface area contributed by atoms with Crippen molar-refractivity contribution in [1.82, 2.24) is 9.55 Å². The maximum Gasteiger partial charge on any atom is 0.264 e. The number of H-pyrrole nitrogens is 1. The number of aromatic nitrogens is 2. The number of nitrogens with zero attached hydrogens (tertiary/aromatic N) is 1. The van der Waals surface area contributed by atoms with Crippen molar-refractivity contribution in [2.24, 2.45) is 0 Å². The second kappa shape index (κ2) is 4.74. The van der Waals surface area contributed by atoms with Crippen LogP contribution in [0.3, 0.4) is 0 Å². The van der Waals surface area contributed by atoms with Crippen molar-refractivity contribution in [1.29, 1.82) is 0 Å². The van der Waals surface area contributed by atoms with E-state index in [1.807, 2.05) is 43.3 Å². The summed E-state index contributed by atoms with van der Waals surface area (Å²) in [7, 11) is 0. The Hall–Kier alpha value is -2.62. The van der Waals surface area contributed by atoms with Crippen LogP contribution in [0, 0.1) is 20.8 Å². The molecule has 2 aromatic heterocycles. The zero-order valence-corrected chi connectivity index (χ0v) is 12.2. The summed E-state index contributed by atoms with van der Waals surface area (Å²) in [4.78, 5) is 27.5. The summed E-state index contributed by atoms with van der Waals surface area (Å²) in [6.07, 6.45) is 0. The van der Waals surface area contributed by atoms with E-state index in [4.69, 9.17) is 0 Å². The summed E-state index contributed by atoms with van der Waals surface area (Å²) >= 11 is 0. The molecular formula is C17H16N2O2. The molecule has 0 aliphatic rings. The minimum absolute atomic E-state index is 0.104. The number of benzene rings is 1. The van der Waals surface area contributed by atoms with Gasteiger partial charge in [-0.15, -0.1) is 0 Å². The molecule has 0 atom stereocenters. The zero-order valence-electron chi connectivity index (χ0n) is 12.2. The molecule has 0 saturated heterocycles. The van der Waals surface area contributed by atoms with Crippen LogP contribution in [0.25, 0.3) is 16.5 Å². The van der Waals surface area contributed by atoms with Gasteiger partial charge >= 0.3 is 0 Å². The second-order valence-corrected chi connectivity index (χ2v) is 5.25. The number of hydrogen-bond acceptors (Lipinski definition) is 2. The smallest absolute Gasteiger partial charge is 0.264 e. The van der Waals surface area contributed by atoms with Crippen molar-refractivity contribution in [2.45, 2.75) is 20.8 Å². The van der Waals surface area contributed by atoms with Crippen molar-refractivity contribution in [3.05, 3.63) is 74.1 Å². The van der Waals surface area contributed by atoms with Crippen molar-refractivity contribution < 1.29 is 0 Å². The Balaban J connectivity index is 2.52. The predicted octanol–water partition coefficient (Wildman–Crippen LogP) is 2.60. The van der Waals surface area contributed by atoms with Gasteiger partial charge in [0.1, 0.15) is 0 Å². The highest BCUT2D eigenvalue weighted by Crippen LogP contribution is 2.18. The molecule has 21 heavy (non-hydrogen) atoms. The Labute approximate surface area is 121 Å². The monoisotopic (exact) mass is 280 g/mol. The van der Waals surface area contributed by atoms with Gasteiger partial charge in [0, 0.05) is 22.6 Å². The molecule has 1 N–H and O–H groups in total. The number of nitrogens with one attached hydrogen (secondary N) is 1. The summed E-state index contributed by atoms with van der Waals surface area (Å²) < 4.78 is 1.67. The highest BCUT2D eigenvalue weighted by molar-refractivity contribution is 5.87. The summed E-state index contributed by atoms with van der Waals surface area (Å²) in [5.74, 6) is 0. The lowest BCUT2D eigenvalue weighted by molar-refractivity contribution is 0.944. The summed E-state index contributed by atoms with van der Waals surface area (Å²) in [5.41, 5.74) is 2.58. The number of fused-ring (bicyclic) bond motifs is 1. The van der Waals surface area contributed by atoms with Gasteiger partial charge in [-0.1, -0.05) is 18.2 Å². The minimum atomic E-state index is -0.142. The van der Waals surface area contributed by atoms with Crippen LogP contribution in [0.2, 0.25) is 0 Å². The van der Waals surface area contributed by atoms with Crippen LogP contribution in [-0.2, 0) is 0 Å². The molecule has 106 valence electrons. The Morgan fingerprint density at radius 3 is 2.33 bits per heavy atom. The average molecular weight is 280 g/mol. The molecule has 0 fully saturated rings. The molecule has 0 radical (unpaired) electrons. The van der Waals surface area contributed by atoms with E-state index in [1.165, 1.54) is 0 Å². The molecule has 3 aromatic rings. The molecule has 0 saturated carbocycles. The summed E-state index contributed by atoms with van der Waals surface area (Å²) in [5, 5.41) is 1.30. The van der Waals surface area contributed by atoms with E-state index in [-0.39, 0.29) is 11.1 Å². The third-order valence-electron chi connectivity index (χ3n) is 3.83. The normalized spacial score (nSPS) is 11.0. The SMILES string of the molecule is Cc1c(=O)[nH]c(C)c2c(=O)n(-c3ccccc3)c(C)cc12.